The number of methoxy groups -OCH3 is 1. The zero-order valence-electron chi connectivity index (χ0n) is 11.0. The third kappa shape index (κ3) is 4.85. The number of nitrogens with zero attached hydrogens (tertiary/aromatic N) is 2. The molecule has 0 aliphatic carbocycles. The minimum Gasteiger partial charge on any atom is -0.383 e. The van der Waals surface area contributed by atoms with Crippen LogP contribution in [-0.4, -0.2) is 43.3 Å². The molecule has 0 spiro atoms. The minimum atomic E-state index is 0.718. The van der Waals surface area contributed by atoms with Crippen molar-refractivity contribution in [3.8, 4) is 0 Å². The Morgan fingerprint density at radius 2 is 2.24 bits per heavy atom. The molecular weight excluding hydrogens is 218 g/mol. The third-order valence-corrected chi connectivity index (χ3v) is 2.65. The minimum absolute atomic E-state index is 0.718. The Labute approximate surface area is 103 Å². The van der Waals surface area contributed by atoms with Crippen molar-refractivity contribution in [3.05, 3.63) is 17.5 Å². The molecule has 5 nitrogen and oxygen atoms in total. The van der Waals surface area contributed by atoms with Gasteiger partial charge in [0.25, 0.3) is 0 Å². The van der Waals surface area contributed by atoms with Crippen molar-refractivity contribution in [1.82, 2.24) is 15.1 Å². The van der Waals surface area contributed by atoms with Crippen molar-refractivity contribution in [2.24, 2.45) is 0 Å². The maximum Gasteiger partial charge on any atom is 0.0662 e. The van der Waals surface area contributed by atoms with Crippen LogP contribution in [-0.2, 0) is 22.6 Å². The predicted octanol–water partition coefficient (Wildman–Crippen LogP) is 0.964. The summed E-state index contributed by atoms with van der Waals surface area (Å²) in [5, 5.41) is 7.67. The van der Waals surface area contributed by atoms with Gasteiger partial charge in [0, 0.05) is 38.1 Å². The molecule has 1 aromatic rings. The van der Waals surface area contributed by atoms with E-state index in [-0.39, 0.29) is 0 Å². The topological polar surface area (TPSA) is 48.3 Å². The highest BCUT2D eigenvalue weighted by Crippen LogP contribution is 2.06. The smallest absolute Gasteiger partial charge is 0.0662 e. The van der Waals surface area contributed by atoms with Crippen LogP contribution < -0.4 is 5.32 Å². The van der Waals surface area contributed by atoms with Gasteiger partial charge in [-0.15, -0.1) is 0 Å². The lowest BCUT2D eigenvalue weighted by Crippen LogP contribution is -2.19. The molecule has 17 heavy (non-hydrogen) atoms. The van der Waals surface area contributed by atoms with Crippen molar-refractivity contribution >= 4 is 0 Å². The van der Waals surface area contributed by atoms with Crippen LogP contribution in [0.15, 0.2) is 6.20 Å². The van der Waals surface area contributed by atoms with E-state index >= 15 is 0 Å². The quantitative estimate of drug-likeness (QED) is 0.654. The first-order chi connectivity index (χ1) is 8.29. The molecule has 0 saturated carbocycles. The van der Waals surface area contributed by atoms with E-state index < -0.39 is 0 Å². The zero-order chi connectivity index (χ0) is 12.5. The summed E-state index contributed by atoms with van der Waals surface area (Å²) in [4.78, 5) is 0. The highest BCUT2D eigenvalue weighted by molar-refractivity contribution is 5.15. The number of nitrogens with one attached hydrogen (secondary N) is 1. The third-order valence-electron chi connectivity index (χ3n) is 2.65. The molecule has 0 unspecified atom stereocenters. The number of hydrogen-bond acceptors (Lipinski definition) is 4. The molecule has 1 N–H and O–H groups in total. The lowest BCUT2D eigenvalue weighted by molar-refractivity contribution is 0.136. The number of aromatic nitrogens is 2. The van der Waals surface area contributed by atoms with Gasteiger partial charge < -0.3 is 14.8 Å². The van der Waals surface area contributed by atoms with E-state index in [1.807, 2.05) is 17.8 Å². The van der Waals surface area contributed by atoms with Crippen LogP contribution in [0.4, 0.5) is 0 Å². The van der Waals surface area contributed by atoms with Gasteiger partial charge in [-0.3, -0.25) is 4.68 Å². The van der Waals surface area contributed by atoms with Crippen molar-refractivity contribution in [2.45, 2.75) is 26.9 Å². The fourth-order valence-electron chi connectivity index (χ4n) is 1.58. The molecule has 0 atom stereocenters. The van der Waals surface area contributed by atoms with Crippen LogP contribution in [0.5, 0.6) is 0 Å². The molecule has 0 aliphatic heterocycles. The Morgan fingerprint density at radius 3 is 2.94 bits per heavy atom. The summed E-state index contributed by atoms with van der Waals surface area (Å²) in [5.41, 5.74) is 2.44. The van der Waals surface area contributed by atoms with Crippen LogP contribution in [0, 0.1) is 6.92 Å². The van der Waals surface area contributed by atoms with E-state index in [9.17, 15) is 0 Å². The normalized spacial score (nSPS) is 11.0. The van der Waals surface area contributed by atoms with Gasteiger partial charge in [-0.25, -0.2) is 0 Å². The van der Waals surface area contributed by atoms with Crippen LogP contribution in [0.3, 0.4) is 0 Å². The molecule has 0 radical (unpaired) electrons. The molecule has 5 heteroatoms. The maximum atomic E-state index is 5.32. The summed E-state index contributed by atoms with van der Waals surface area (Å²) in [6.07, 6.45) is 1.92. The molecular formula is C12H23N3O2. The van der Waals surface area contributed by atoms with E-state index in [0.29, 0.717) is 0 Å². The molecule has 98 valence electrons. The van der Waals surface area contributed by atoms with Gasteiger partial charge in [0.1, 0.15) is 0 Å². The van der Waals surface area contributed by atoms with Gasteiger partial charge >= 0.3 is 0 Å². The number of hydrogen-bond donors (Lipinski definition) is 1. The van der Waals surface area contributed by atoms with E-state index in [2.05, 4.69) is 17.3 Å². The highest BCUT2D eigenvalue weighted by atomic mass is 16.5. The van der Waals surface area contributed by atoms with E-state index in [1.165, 1.54) is 11.3 Å². The van der Waals surface area contributed by atoms with Crippen LogP contribution >= 0.6 is 0 Å². The average Bonchev–Trinajstić information content (AvgIpc) is 2.67. The Morgan fingerprint density at radius 1 is 1.41 bits per heavy atom. The molecule has 0 saturated heterocycles. The number of rotatable bonds is 9. The first kappa shape index (κ1) is 14.2. The van der Waals surface area contributed by atoms with Gasteiger partial charge in [-0.1, -0.05) is 0 Å². The lowest BCUT2D eigenvalue weighted by atomic mass is 10.2. The molecule has 1 aromatic heterocycles. The fraction of sp³-hybridized carbons (Fsp3) is 0.750. The number of ether oxygens (including phenoxy) is 2. The second kappa shape index (κ2) is 8.22. The van der Waals surface area contributed by atoms with Crippen LogP contribution in [0.1, 0.15) is 18.2 Å². The lowest BCUT2D eigenvalue weighted by Gasteiger charge is -2.06. The van der Waals surface area contributed by atoms with E-state index in [1.54, 1.807) is 7.11 Å². The standard InChI is InChI=1S/C12H23N3O2/c1-4-17-8-6-15-11(2)12(10-14-15)9-13-5-7-16-3/h10,13H,4-9H2,1-3H3. The van der Waals surface area contributed by atoms with Gasteiger partial charge in [0.15, 0.2) is 0 Å². The monoisotopic (exact) mass is 241 g/mol. The maximum absolute atomic E-state index is 5.32. The van der Waals surface area contributed by atoms with E-state index in [0.717, 1.165) is 39.5 Å². The Hall–Kier alpha value is -0.910. The summed E-state index contributed by atoms with van der Waals surface area (Å²) in [6.45, 7) is 8.81. The molecule has 0 fully saturated rings. The van der Waals surface area contributed by atoms with Crippen LogP contribution in [0.25, 0.3) is 0 Å². The Kier molecular flexibility index (Phi) is 6.84. The summed E-state index contributed by atoms with van der Waals surface area (Å²) < 4.78 is 12.3. The van der Waals surface area contributed by atoms with Gasteiger partial charge in [-0.05, 0) is 13.8 Å². The molecule has 0 aliphatic rings. The molecule has 0 amide bonds. The average molecular weight is 241 g/mol. The predicted molar refractivity (Wildman–Crippen MR) is 67.0 cm³/mol. The SMILES string of the molecule is CCOCCn1ncc(CNCCOC)c1C. The largest absolute Gasteiger partial charge is 0.383 e. The van der Waals surface area contributed by atoms with Crippen molar-refractivity contribution in [2.75, 3.05) is 33.5 Å². The molecule has 1 heterocycles. The summed E-state index contributed by atoms with van der Waals surface area (Å²) in [5.74, 6) is 0. The van der Waals surface area contributed by atoms with E-state index in [4.69, 9.17) is 9.47 Å². The van der Waals surface area contributed by atoms with Gasteiger partial charge in [0.2, 0.25) is 0 Å². The Balaban J connectivity index is 2.35. The highest BCUT2D eigenvalue weighted by Gasteiger charge is 2.05. The van der Waals surface area contributed by atoms with Gasteiger partial charge in [0.05, 0.1) is 26.0 Å². The summed E-state index contributed by atoms with van der Waals surface area (Å²) >= 11 is 0. The first-order valence-corrected chi connectivity index (χ1v) is 6.08. The van der Waals surface area contributed by atoms with Crippen molar-refractivity contribution in [1.29, 1.82) is 0 Å². The molecule has 0 bridgehead atoms. The summed E-state index contributed by atoms with van der Waals surface area (Å²) in [6, 6.07) is 0. The van der Waals surface area contributed by atoms with Crippen molar-refractivity contribution in [3.63, 3.8) is 0 Å². The first-order valence-electron chi connectivity index (χ1n) is 6.08. The molecule has 1 rings (SSSR count). The van der Waals surface area contributed by atoms with Crippen LogP contribution in [0.2, 0.25) is 0 Å². The second-order valence-electron chi connectivity index (χ2n) is 3.84. The Bertz CT molecular complexity index is 313. The second-order valence-corrected chi connectivity index (χ2v) is 3.84. The fourth-order valence-corrected chi connectivity index (χ4v) is 1.58. The molecule has 0 aromatic carbocycles. The van der Waals surface area contributed by atoms with Gasteiger partial charge in [-0.2, -0.15) is 5.10 Å². The zero-order valence-corrected chi connectivity index (χ0v) is 11.0. The summed E-state index contributed by atoms with van der Waals surface area (Å²) in [7, 11) is 1.71. The van der Waals surface area contributed by atoms with Crippen molar-refractivity contribution < 1.29 is 9.47 Å².